The Balaban J connectivity index is 2.46. The Labute approximate surface area is 112 Å². The minimum Gasteiger partial charge on any atom is -0.355 e. The quantitative estimate of drug-likeness (QED) is 0.783. The van der Waals surface area contributed by atoms with Gasteiger partial charge in [0, 0.05) is 12.6 Å². The number of rotatable bonds is 4. The van der Waals surface area contributed by atoms with E-state index in [4.69, 9.17) is 0 Å². The number of carbonyl (C=O) groups excluding carboxylic acids is 1. The van der Waals surface area contributed by atoms with Crippen molar-refractivity contribution in [2.45, 2.75) is 44.1 Å². The van der Waals surface area contributed by atoms with Crippen molar-refractivity contribution in [1.82, 2.24) is 10.6 Å². The van der Waals surface area contributed by atoms with E-state index in [1.807, 2.05) is 0 Å². The average Bonchev–Trinajstić information content (AvgIpc) is 2.26. The fourth-order valence-electron chi connectivity index (χ4n) is 2.12. The molecule has 1 unspecified atom stereocenters. The molecule has 0 aliphatic carbocycles. The smallest absolute Gasteiger partial charge is 0.355 e. The van der Waals surface area contributed by atoms with Gasteiger partial charge in [-0.25, -0.2) is 0 Å². The molecule has 0 aromatic heterocycles. The second-order valence-electron chi connectivity index (χ2n) is 4.74. The van der Waals surface area contributed by atoms with Crippen molar-refractivity contribution in [3.8, 4) is 0 Å². The van der Waals surface area contributed by atoms with Gasteiger partial charge in [0.2, 0.25) is 11.8 Å². The SMILES string of the molecule is O=C(NCCC1CCCCN1)C(C(F)(F)F)C(F)(F)F. The summed E-state index contributed by atoms with van der Waals surface area (Å²) in [5, 5.41) is 4.81. The Bertz CT molecular complexity index is 308. The van der Waals surface area contributed by atoms with E-state index in [0.717, 1.165) is 25.8 Å². The summed E-state index contributed by atoms with van der Waals surface area (Å²) in [6, 6.07) is 0.0271. The maximum absolute atomic E-state index is 12.3. The molecule has 1 heterocycles. The molecule has 118 valence electrons. The molecule has 1 fully saturated rings. The van der Waals surface area contributed by atoms with Crippen molar-refractivity contribution in [2.75, 3.05) is 13.1 Å². The van der Waals surface area contributed by atoms with E-state index in [1.165, 1.54) is 0 Å². The predicted octanol–water partition coefficient (Wildman–Crippen LogP) is 2.38. The summed E-state index contributed by atoms with van der Waals surface area (Å²) >= 11 is 0. The van der Waals surface area contributed by atoms with Crippen LogP contribution in [0.1, 0.15) is 25.7 Å². The maximum atomic E-state index is 12.3. The lowest BCUT2D eigenvalue weighted by Gasteiger charge is -2.25. The molecule has 1 saturated heterocycles. The van der Waals surface area contributed by atoms with Crippen LogP contribution in [0, 0.1) is 5.92 Å². The summed E-state index contributed by atoms with van der Waals surface area (Å²) < 4.78 is 73.5. The summed E-state index contributed by atoms with van der Waals surface area (Å²) in [7, 11) is 0. The standard InChI is InChI=1S/C11H16F6N2O/c12-10(13,14)8(11(15,16)17)9(20)19-6-4-7-3-1-2-5-18-7/h7-8,18H,1-6H2,(H,19,20). The summed E-state index contributed by atoms with van der Waals surface area (Å²) in [5.74, 6) is -6.00. The van der Waals surface area contributed by atoms with Gasteiger partial charge in [0.1, 0.15) is 0 Å². The van der Waals surface area contributed by atoms with Crippen LogP contribution in [-0.4, -0.2) is 37.4 Å². The second kappa shape index (κ2) is 6.64. The number of hydrogen-bond donors (Lipinski definition) is 2. The van der Waals surface area contributed by atoms with Crippen molar-refractivity contribution < 1.29 is 31.1 Å². The number of hydrogen-bond acceptors (Lipinski definition) is 2. The van der Waals surface area contributed by atoms with Gasteiger partial charge in [-0.05, 0) is 25.8 Å². The van der Waals surface area contributed by atoms with Crippen molar-refractivity contribution in [2.24, 2.45) is 5.92 Å². The van der Waals surface area contributed by atoms with E-state index in [1.54, 1.807) is 5.32 Å². The normalized spacial score (nSPS) is 21.1. The molecule has 0 bridgehead atoms. The van der Waals surface area contributed by atoms with Gasteiger partial charge in [-0.2, -0.15) is 26.3 Å². The molecular formula is C11H16F6N2O. The summed E-state index contributed by atoms with van der Waals surface area (Å²) in [6.45, 7) is 0.561. The van der Waals surface area contributed by atoms with Crippen LogP contribution in [0.2, 0.25) is 0 Å². The Morgan fingerprint density at radius 1 is 1.15 bits per heavy atom. The van der Waals surface area contributed by atoms with Crippen molar-refractivity contribution >= 4 is 5.91 Å². The van der Waals surface area contributed by atoms with E-state index < -0.39 is 24.2 Å². The van der Waals surface area contributed by atoms with E-state index >= 15 is 0 Å². The number of piperidine rings is 1. The van der Waals surface area contributed by atoms with Crippen LogP contribution in [0.4, 0.5) is 26.3 Å². The average molecular weight is 306 g/mol. The molecule has 1 amide bonds. The van der Waals surface area contributed by atoms with Crippen LogP contribution in [0.25, 0.3) is 0 Å². The van der Waals surface area contributed by atoms with E-state index in [9.17, 15) is 31.1 Å². The lowest BCUT2D eigenvalue weighted by atomic mass is 10.0. The number of alkyl halides is 6. The molecule has 0 aromatic rings. The summed E-state index contributed by atoms with van der Waals surface area (Å²) in [4.78, 5) is 11.1. The number of amides is 1. The van der Waals surface area contributed by atoms with Gasteiger partial charge in [0.05, 0.1) is 0 Å². The lowest BCUT2D eigenvalue weighted by molar-refractivity contribution is -0.274. The Morgan fingerprint density at radius 2 is 1.75 bits per heavy atom. The first-order valence-corrected chi connectivity index (χ1v) is 6.27. The van der Waals surface area contributed by atoms with Gasteiger partial charge in [0.25, 0.3) is 0 Å². The first-order chi connectivity index (χ1) is 9.12. The topological polar surface area (TPSA) is 41.1 Å². The minimum atomic E-state index is -5.63. The number of halogens is 6. The molecule has 0 radical (unpaired) electrons. The monoisotopic (exact) mass is 306 g/mol. The molecule has 3 nitrogen and oxygen atoms in total. The molecule has 0 aromatic carbocycles. The highest BCUT2D eigenvalue weighted by Crippen LogP contribution is 2.39. The third-order valence-corrected chi connectivity index (χ3v) is 3.12. The Kier molecular flexibility index (Phi) is 5.67. The van der Waals surface area contributed by atoms with Gasteiger partial charge in [-0.15, -0.1) is 0 Å². The molecule has 1 aliphatic heterocycles. The van der Waals surface area contributed by atoms with Crippen molar-refractivity contribution in [3.05, 3.63) is 0 Å². The first kappa shape index (κ1) is 17.1. The van der Waals surface area contributed by atoms with Crippen LogP contribution in [0.5, 0.6) is 0 Å². The molecular weight excluding hydrogens is 290 g/mol. The van der Waals surface area contributed by atoms with Crippen LogP contribution < -0.4 is 10.6 Å². The Morgan fingerprint density at radius 3 is 2.20 bits per heavy atom. The zero-order valence-electron chi connectivity index (χ0n) is 10.6. The van der Waals surface area contributed by atoms with E-state index in [-0.39, 0.29) is 12.6 Å². The van der Waals surface area contributed by atoms with Crippen molar-refractivity contribution in [1.29, 1.82) is 0 Å². The highest BCUT2D eigenvalue weighted by Gasteiger charge is 2.60. The molecule has 2 N–H and O–H groups in total. The molecule has 1 aliphatic rings. The largest absolute Gasteiger partial charge is 0.409 e. The van der Waals surface area contributed by atoms with Crippen molar-refractivity contribution in [3.63, 3.8) is 0 Å². The highest BCUT2D eigenvalue weighted by atomic mass is 19.4. The summed E-state index contributed by atoms with van der Waals surface area (Å²) in [5.41, 5.74) is 0. The third-order valence-electron chi connectivity index (χ3n) is 3.12. The lowest BCUT2D eigenvalue weighted by Crippen LogP contribution is -2.48. The maximum Gasteiger partial charge on any atom is 0.409 e. The molecule has 0 saturated carbocycles. The zero-order chi connectivity index (χ0) is 15.4. The predicted molar refractivity (Wildman–Crippen MR) is 58.9 cm³/mol. The second-order valence-corrected chi connectivity index (χ2v) is 4.74. The van der Waals surface area contributed by atoms with E-state index in [2.05, 4.69) is 5.32 Å². The minimum absolute atomic E-state index is 0.0271. The molecule has 9 heteroatoms. The van der Waals surface area contributed by atoms with Gasteiger partial charge in [0.15, 0.2) is 0 Å². The molecule has 0 spiro atoms. The van der Waals surface area contributed by atoms with Crippen LogP contribution in [-0.2, 0) is 4.79 Å². The number of nitrogens with one attached hydrogen (secondary N) is 2. The Hall–Kier alpha value is -0.990. The van der Waals surface area contributed by atoms with Gasteiger partial charge >= 0.3 is 12.4 Å². The number of carbonyl (C=O) groups is 1. The van der Waals surface area contributed by atoms with Gasteiger partial charge in [-0.3, -0.25) is 4.79 Å². The van der Waals surface area contributed by atoms with Crippen LogP contribution >= 0.6 is 0 Å². The molecule has 20 heavy (non-hydrogen) atoms. The van der Waals surface area contributed by atoms with Gasteiger partial charge in [-0.1, -0.05) is 6.42 Å². The fourth-order valence-corrected chi connectivity index (χ4v) is 2.12. The van der Waals surface area contributed by atoms with Crippen LogP contribution in [0.15, 0.2) is 0 Å². The molecule has 1 rings (SSSR count). The highest BCUT2D eigenvalue weighted by molar-refractivity contribution is 5.80. The molecule has 1 atom stereocenters. The zero-order valence-corrected chi connectivity index (χ0v) is 10.6. The fraction of sp³-hybridized carbons (Fsp3) is 0.909. The van der Waals surface area contributed by atoms with Gasteiger partial charge < -0.3 is 10.6 Å². The third kappa shape index (κ3) is 5.18. The van der Waals surface area contributed by atoms with Crippen LogP contribution in [0.3, 0.4) is 0 Å². The first-order valence-electron chi connectivity index (χ1n) is 6.27. The summed E-state index contributed by atoms with van der Waals surface area (Å²) in [6.07, 6.45) is -8.20. The van der Waals surface area contributed by atoms with E-state index in [0.29, 0.717) is 6.42 Å².